The minimum Gasteiger partial charge on any atom is -0.350 e. The van der Waals surface area contributed by atoms with E-state index in [0.717, 1.165) is 24.2 Å². The smallest absolute Gasteiger partial charge is 0.252 e. The number of carbonyl (C=O) groups excluding carboxylic acids is 1. The van der Waals surface area contributed by atoms with Gasteiger partial charge in [-0.25, -0.2) is 13.6 Å². The molecule has 1 unspecified atom stereocenters. The van der Waals surface area contributed by atoms with Gasteiger partial charge < -0.3 is 11.1 Å². The Kier molecular flexibility index (Phi) is 3.71. The fourth-order valence-corrected chi connectivity index (χ4v) is 3.17. The number of rotatable bonds is 5. The van der Waals surface area contributed by atoms with E-state index in [4.69, 9.17) is 10.9 Å². The highest BCUT2D eigenvalue weighted by atomic mass is 32.2. The summed E-state index contributed by atoms with van der Waals surface area (Å²) in [5.74, 6) is 0.185. The zero-order valence-corrected chi connectivity index (χ0v) is 11.3. The van der Waals surface area contributed by atoms with Crippen LogP contribution in [0.3, 0.4) is 0 Å². The third-order valence-corrected chi connectivity index (χ3v) is 5.23. The van der Waals surface area contributed by atoms with Crippen LogP contribution in [0.15, 0.2) is 15.7 Å². The van der Waals surface area contributed by atoms with Gasteiger partial charge in [0.2, 0.25) is 10.0 Å². The first-order chi connectivity index (χ1) is 8.38. The molecule has 0 aromatic carbocycles. The number of hydrogen-bond donors (Lipinski definition) is 3. The van der Waals surface area contributed by atoms with Crippen molar-refractivity contribution in [3.8, 4) is 0 Å². The van der Waals surface area contributed by atoms with Gasteiger partial charge in [0, 0.05) is 18.0 Å². The molecule has 0 radical (unpaired) electrons. The lowest BCUT2D eigenvalue weighted by molar-refractivity contribution is 0.0950. The lowest BCUT2D eigenvalue weighted by atomic mass is 10.2. The minimum absolute atomic E-state index is 0.0147. The molecule has 1 heterocycles. The summed E-state index contributed by atoms with van der Waals surface area (Å²) in [6.07, 6.45) is 2.23. The van der Waals surface area contributed by atoms with Crippen molar-refractivity contribution in [3.05, 3.63) is 17.0 Å². The van der Waals surface area contributed by atoms with Crippen LogP contribution in [0.1, 0.15) is 23.2 Å². The summed E-state index contributed by atoms with van der Waals surface area (Å²) in [6, 6.07) is 1.25. The van der Waals surface area contributed by atoms with Crippen molar-refractivity contribution in [1.29, 1.82) is 0 Å². The van der Waals surface area contributed by atoms with Crippen molar-refractivity contribution in [2.24, 2.45) is 16.8 Å². The maximum atomic E-state index is 11.7. The average molecular weight is 289 g/mol. The second-order valence-corrected chi connectivity index (χ2v) is 7.11. The van der Waals surface area contributed by atoms with Crippen LogP contribution in [0.25, 0.3) is 0 Å². The van der Waals surface area contributed by atoms with Crippen LogP contribution in [0.2, 0.25) is 0 Å². The van der Waals surface area contributed by atoms with E-state index in [-0.39, 0.29) is 16.2 Å². The third-order valence-electron chi connectivity index (χ3n) is 2.84. The normalized spacial score (nSPS) is 17.4. The molecule has 0 aliphatic heterocycles. The number of nitrogens with one attached hydrogen (secondary N) is 1. The van der Waals surface area contributed by atoms with E-state index in [9.17, 15) is 13.2 Å². The predicted octanol–water partition coefficient (Wildman–Crippen LogP) is -0.137. The summed E-state index contributed by atoms with van der Waals surface area (Å²) in [7, 11) is -3.74. The second-order valence-electron chi connectivity index (χ2n) is 4.41. The standard InChI is InChI=1S/C10H15N3O3S2/c11-8(6-1-2-6)4-13-10(14)7-3-9(17-5-7)18(12,15)16/h3,5-6,8H,1-2,4,11H2,(H,13,14)(H2,12,15,16). The molecule has 6 nitrogen and oxygen atoms in total. The Bertz CT molecular complexity index is 548. The van der Waals surface area contributed by atoms with Gasteiger partial charge in [0.05, 0.1) is 5.56 Å². The van der Waals surface area contributed by atoms with Crippen molar-refractivity contribution in [2.45, 2.75) is 23.1 Å². The first kappa shape index (κ1) is 13.5. The molecule has 1 fully saturated rings. The molecule has 0 spiro atoms. The summed E-state index contributed by atoms with van der Waals surface area (Å²) < 4.78 is 22.1. The zero-order chi connectivity index (χ0) is 13.3. The number of primary sulfonamides is 1. The first-order valence-corrected chi connectivity index (χ1v) is 7.95. The van der Waals surface area contributed by atoms with Crippen LogP contribution in [-0.2, 0) is 10.0 Å². The fraction of sp³-hybridized carbons (Fsp3) is 0.500. The quantitative estimate of drug-likeness (QED) is 0.699. The maximum Gasteiger partial charge on any atom is 0.252 e. The van der Waals surface area contributed by atoms with E-state index < -0.39 is 10.0 Å². The average Bonchev–Trinajstić information content (AvgIpc) is 3.00. The monoisotopic (exact) mass is 289 g/mol. The Morgan fingerprint density at radius 2 is 2.22 bits per heavy atom. The van der Waals surface area contributed by atoms with E-state index in [0.29, 0.717) is 18.0 Å². The fourth-order valence-electron chi connectivity index (χ4n) is 1.59. The predicted molar refractivity (Wildman–Crippen MR) is 68.7 cm³/mol. The van der Waals surface area contributed by atoms with Crippen molar-refractivity contribution in [2.75, 3.05) is 6.54 Å². The Hall–Kier alpha value is -0.960. The molecule has 1 atom stereocenters. The van der Waals surface area contributed by atoms with Gasteiger partial charge in [-0.05, 0) is 24.8 Å². The third kappa shape index (κ3) is 3.29. The van der Waals surface area contributed by atoms with Gasteiger partial charge in [0.15, 0.2) is 0 Å². The van der Waals surface area contributed by atoms with Gasteiger partial charge in [0.1, 0.15) is 4.21 Å². The molecule has 0 bridgehead atoms. The van der Waals surface area contributed by atoms with Crippen LogP contribution < -0.4 is 16.2 Å². The van der Waals surface area contributed by atoms with Crippen LogP contribution in [0, 0.1) is 5.92 Å². The Morgan fingerprint density at radius 3 is 2.72 bits per heavy atom. The highest BCUT2D eigenvalue weighted by Gasteiger charge is 2.28. The number of thiophene rings is 1. The van der Waals surface area contributed by atoms with E-state index >= 15 is 0 Å². The van der Waals surface area contributed by atoms with E-state index in [2.05, 4.69) is 5.32 Å². The van der Waals surface area contributed by atoms with Gasteiger partial charge in [-0.3, -0.25) is 4.79 Å². The van der Waals surface area contributed by atoms with Gasteiger partial charge in [-0.15, -0.1) is 11.3 Å². The zero-order valence-electron chi connectivity index (χ0n) is 9.63. The largest absolute Gasteiger partial charge is 0.350 e. The first-order valence-electron chi connectivity index (χ1n) is 5.53. The summed E-state index contributed by atoms with van der Waals surface area (Å²) in [5, 5.41) is 9.13. The van der Waals surface area contributed by atoms with Gasteiger partial charge in [-0.2, -0.15) is 0 Å². The molecular weight excluding hydrogens is 274 g/mol. The van der Waals surface area contributed by atoms with Crippen LogP contribution in [-0.4, -0.2) is 26.9 Å². The number of hydrogen-bond acceptors (Lipinski definition) is 5. The maximum absolute atomic E-state index is 11.7. The lowest BCUT2D eigenvalue weighted by Crippen LogP contribution is -2.38. The lowest BCUT2D eigenvalue weighted by Gasteiger charge is -2.10. The highest BCUT2D eigenvalue weighted by Crippen LogP contribution is 2.31. The summed E-state index contributed by atoms with van der Waals surface area (Å²) in [4.78, 5) is 11.7. The summed E-state index contributed by atoms with van der Waals surface area (Å²) in [6.45, 7) is 0.407. The topological polar surface area (TPSA) is 115 Å². The van der Waals surface area contributed by atoms with Gasteiger partial charge >= 0.3 is 0 Å². The summed E-state index contributed by atoms with van der Waals surface area (Å²) in [5.41, 5.74) is 6.15. The number of nitrogens with two attached hydrogens (primary N) is 2. The number of sulfonamides is 1. The van der Waals surface area contributed by atoms with Crippen LogP contribution in [0.4, 0.5) is 0 Å². The molecule has 1 aliphatic carbocycles. The minimum atomic E-state index is -3.74. The van der Waals surface area contributed by atoms with E-state index in [1.54, 1.807) is 0 Å². The summed E-state index contributed by atoms with van der Waals surface area (Å²) >= 11 is 0.933. The molecule has 1 aliphatic rings. The molecule has 0 saturated heterocycles. The van der Waals surface area contributed by atoms with Gasteiger partial charge in [-0.1, -0.05) is 0 Å². The molecular formula is C10H15N3O3S2. The van der Waals surface area contributed by atoms with E-state index in [1.807, 2.05) is 0 Å². The van der Waals surface area contributed by atoms with Crippen molar-refractivity contribution >= 4 is 27.3 Å². The number of carbonyl (C=O) groups is 1. The van der Waals surface area contributed by atoms with Gasteiger partial charge in [0.25, 0.3) is 5.91 Å². The van der Waals surface area contributed by atoms with E-state index in [1.165, 1.54) is 11.4 Å². The SMILES string of the molecule is NC(CNC(=O)c1csc(S(N)(=O)=O)c1)C1CC1. The van der Waals surface area contributed by atoms with Crippen LogP contribution >= 0.6 is 11.3 Å². The highest BCUT2D eigenvalue weighted by molar-refractivity contribution is 7.91. The number of amides is 1. The van der Waals surface area contributed by atoms with Crippen molar-refractivity contribution in [1.82, 2.24) is 5.32 Å². The molecule has 1 aromatic rings. The molecule has 2 rings (SSSR count). The van der Waals surface area contributed by atoms with Crippen LogP contribution in [0.5, 0.6) is 0 Å². The van der Waals surface area contributed by atoms with Crippen molar-refractivity contribution < 1.29 is 13.2 Å². The molecule has 1 aromatic heterocycles. The molecule has 1 amide bonds. The second kappa shape index (κ2) is 4.96. The Labute approximate surface area is 109 Å². The Morgan fingerprint density at radius 1 is 1.56 bits per heavy atom. The Balaban J connectivity index is 1.94. The van der Waals surface area contributed by atoms with Crippen molar-refractivity contribution in [3.63, 3.8) is 0 Å². The molecule has 100 valence electrons. The molecule has 1 saturated carbocycles. The molecule has 18 heavy (non-hydrogen) atoms. The molecule has 8 heteroatoms. The molecule has 5 N–H and O–H groups in total.